The van der Waals surface area contributed by atoms with Gasteiger partial charge in [-0.3, -0.25) is 4.79 Å². The zero-order valence-electron chi connectivity index (χ0n) is 19.2. The van der Waals surface area contributed by atoms with Crippen molar-refractivity contribution in [3.63, 3.8) is 0 Å². The Morgan fingerprint density at radius 1 is 1.00 bits per heavy atom. The monoisotopic (exact) mass is 418 g/mol. The Morgan fingerprint density at radius 3 is 2.26 bits per heavy atom. The highest BCUT2D eigenvalue weighted by atomic mass is 16.5. The summed E-state index contributed by atoms with van der Waals surface area (Å²) in [5.74, 6) is 1.06. The van der Waals surface area contributed by atoms with Crippen LogP contribution in [0.2, 0.25) is 0 Å². The summed E-state index contributed by atoms with van der Waals surface area (Å²) in [7, 11) is 4.34. The quantitative estimate of drug-likeness (QED) is 0.666. The minimum atomic E-state index is -0.244. The fourth-order valence-electron chi connectivity index (χ4n) is 4.95. The van der Waals surface area contributed by atoms with E-state index in [1.165, 1.54) is 5.57 Å². The van der Waals surface area contributed by atoms with Gasteiger partial charge >= 0.3 is 0 Å². The first-order valence-electron chi connectivity index (χ1n) is 11.5. The molecule has 1 heterocycles. The molecule has 4 rings (SSSR count). The van der Waals surface area contributed by atoms with Gasteiger partial charge in [0, 0.05) is 30.3 Å². The van der Waals surface area contributed by atoms with Crippen molar-refractivity contribution in [3.05, 3.63) is 71.3 Å². The molecular weight excluding hydrogens is 384 g/mol. The molecule has 31 heavy (non-hydrogen) atoms. The fraction of sp³-hybridized carbons (Fsp3) is 0.444. The summed E-state index contributed by atoms with van der Waals surface area (Å²) in [5, 5.41) is 0. The molecule has 0 atom stereocenters. The van der Waals surface area contributed by atoms with Gasteiger partial charge in [0.25, 0.3) is 5.91 Å². The van der Waals surface area contributed by atoms with Gasteiger partial charge in [-0.2, -0.15) is 0 Å². The first kappa shape index (κ1) is 21.6. The van der Waals surface area contributed by atoms with Gasteiger partial charge in [-0.25, -0.2) is 0 Å². The molecule has 4 heteroatoms. The number of carbonyl (C=O) groups excluding carboxylic acids is 1. The Morgan fingerprint density at radius 2 is 1.65 bits per heavy atom. The lowest BCUT2D eigenvalue weighted by atomic mass is 9.77. The topological polar surface area (TPSA) is 32.8 Å². The Bertz CT molecular complexity index is 949. The maximum atomic E-state index is 12.7. The second kappa shape index (κ2) is 8.88. The number of hydrogen-bond donors (Lipinski definition) is 0. The summed E-state index contributed by atoms with van der Waals surface area (Å²) < 4.78 is 6.61. The van der Waals surface area contributed by atoms with Crippen LogP contribution in [0, 0.1) is 0 Å². The van der Waals surface area contributed by atoms with Crippen molar-refractivity contribution in [2.24, 2.45) is 0 Å². The van der Waals surface area contributed by atoms with Crippen LogP contribution in [-0.2, 0) is 0 Å². The molecule has 0 unspecified atom stereocenters. The van der Waals surface area contributed by atoms with Crippen molar-refractivity contribution in [2.75, 3.05) is 27.2 Å². The molecular formula is C27H34N2O2. The van der Waals surface area contributed by atoms with Crippen LogP contribution in [-0.4, -0.2) is 54.5 Å². The van der Waals surface area contributed by atoms with E-state index in [9.17, 15) is 4.79 Å². The minimum absolute atomic E-state index is 0.0939. The summed E-state index contributed by atoms with van der Waals surface area (Å²) in [4.78, 5) is 16.9. The summed E-state index contributed by atoms with van der Waals surface area (Å²) in [5.41, 5.74) is 3.99. The van der Waals surface area contributed by atoms with Crippen molar-refractivity contribution in [2.45, 2.75) is 51.2 Å². The summed E-state index contributed by atoms with van der Waals surface area (Å²) in [6.07, 6.45) is 6.66. The van der Waals surface area contributed by atoms with Crippen LogP contribution >= 0.6 is 0 Å². The molecule has 0 bridgehead atoms. The highest BCUT2D eigenvalue weighted by molar-refractivity contribution is 5.95. The number of nitrogens with zero attached hydrogens (tertiary/aromatic N) is 2. The fourth-order valence-corrected chi connectivity index (χ4v) is 4.95. The predicted octanol–water partition coefficient (Wildman–Crippen LogP) is 5.24. The lowest BCUT2D eigenvalue weighted by molar-refractivity contribution is 0.0471. The van der Waals surface area contributed by atoms with Gasteiger partial charge in [0.2, 0.25) is 0 Å². The maximum Gasteiger partial charge on any atom is 0.253 e. The number of benzene rings is 2. The van der Waals surface area contributed by atoms with E-state index in [0.29, 0.717) is 6.04 Å². The molecule has 0 saturated heterocycles. The van der Waals surface area contributed by atoms with Crippen LogP contribution in [0.25, 0.3) is 5.57 Å². The van der Waals surface area contributed by atoms with Crippen molar-refractivity contribution < 1.29 is 9.53 Å². The van der Waals surface area contributed by atoms with Gasteiger partial charge in [-0.1, -0.05) is 30.3 Å². The number of ether oxygens (including phenoxy) is 1. The lowest BCUT2D eigenvalue weighted by Crippen LogP contribution is -2.44. The predicted molar refractivity (Wildman–Crippen MR) is 127 cm³/mol. The number of rotatable bonds is 5. The van der Waals surface area contributed by atoms with Gasteiger partial charge in [0.15, 0.2) is 0 Å². The van der Waals surface area contributed by atoms with E-state index in [-0.39, 0.29) is 11.5 Å². The first-order valence-corrected chi connectivity index (χ1v) is 11.5. The second-order valence-corrected chi connectivity index (χ2v) is 8.97. The number of hydrogen-bond acceptors (Lipinski definition) is 3. The van der Waals surface area contributed by atoms with Gasteiger partial charge in [0.1, 0.15) is 11.4 Å². The van der Waals surface area contributed by atoms with Crippen LogP contribution in [0.3, 0.4) is 0 Å². The van der Waals surface area contributed by atoms with Gasteiger partial charge in [0.05, 0.1) is 0 Å². The zero-order valence-corrected chi connectivity index (χ0v) is 19.2. The van der Waals surface area contributed by atoms with Crippen LogP contribution in [0.5, 0.6) is 5.75 Å². The van der Waals surface area contributed by atoms with Crippen molar-refractivity contribution in [3.8, 4) is 5.75 Å². The van der Waals surface area contributed by atoms with E-state index in [0.717, 1.165) is 61.2 Å². The highest BCUT2D eigenvalue weighted by Crippen LogP contribution is 2.45. The Balaban J connectivity index is 1.67. The van der Waals surface area contributed by atoms with Crippen molar-refractivity contribution in [1.82, 2.24) is 9.80 Å². The van der Waals surface area contributed by atoms with E-state index in [4.69, 9.17) is 4.74 Å². The Labute approximate surface area is 186 Å². The maximum absolute atomic E-state index is 12.7. The molecule has 0 aromatic heterocycles. The normalized spacial score (nSPS) is 22.6. The average Bonchev–Trinajstić information content (AvgIpc) is 2.79. The summed E-state index contributed by atoms with van der Waals surface area (Å²) in [6.45, 7) is 5.49. The molecule has 1 saturated carbocycles. The standard InChI is InChI=1S/C27H34N2O2/c1-5-29(6-2)26(30)21-13-11-20(12-14-21)24-19-27(17-15-22(16-18-27)28(3)4)31-25-10-8-7-9-23(24)25/h7-14,19,22H,5-6,15-18H2,1-4H3. The minimum Gasteiger partial charge on any atom is -0.483 e. The van der Waals surface area contributed by atoms with E-state index >= 15 is 0 Å². The third kappa shape index (κ3) is 4.27. The largest absolute Gasteiger partial charge is 0.483 e. The first-order chi connectivity index (χ1) is 15.0. The number of carbonyl (C=O) groups is 1. The molecule has 1 aliphatic carbocycles. The average molecular weight is 419 g/mol. The molecule has 4 nitrogen and oxygen atoms in total. The number of amides is 1. The van der Waals surface area contributed by atoms with Crippen LogP contribution < -0.4 is 4.74 Å². The third-order valence-electron chi connectivity index (χ3n) is 6.92. The SMILES string of the molecule is CCN(CC)C(=O)c1ccc(C2=CC3(CCC(N(C)C)CC3)Oc3ccccc32)cc1. The highest BCUT2D eigenvalue weighted by Gasteiger charge is 2.39. The summed E-state index contributed by atoms with van der Waals surface area (Å²) in [6, 6.07) is 17.0. The van der Waals surface area contributed by atoms with Gasteiger partial charge in [-0.15, -0.1) is 0 Å². The molecule has 2 aromatic carbocycles. The Kier molecular flexibility index (Phi) is 6.19. The zero-order chi connectivity index (χ0) is 22.0. The number of para-hydroxylation sites is 1. The van der Waals surface area contributed by atoms with E-state index in [1.54, 1.807) is 0 Å². The van der Waals surface area contributed by atoms with Crippen molar-refractivity contribution in [1.29, 1.82) is 0 Å². The van der Waals surface area contributed by atoms with Crippen LogP contribution in [0.1, 0.15) is 61.0 Å². The molecule has 0 N–H and O–H groups in total. The molecule has 0 radical (unpaired) electrons. The van der Waals surface area contributed by atoms with Crippen LogP contribution in [0.15, 0.2) is 54.6 Å². The van der Waals surface area contributed by atoms with Gasteiger partial charge < -0.3 is 14.5 Å². The van der Waals surface area contributed by atoms with Gasteiger partial charge in [-0.05, 0) is 89.0 Å². The molecule has 1 fully saturated rings. The summed E-state index contributed by atoms with van der Waals surface area (Å²) >= 11 is 0. The molecule has 1 spiro atoms. The molecule has 2 aliphatic rings. The molecule has 2 aromatic rings. The smallest absolute Gasteiger partial charge is 0.253 e. The molecule has 1 amide bonds. The lowest BCUT2D eigenvalue weighted by Gasteiger charge is -2.43. The third-order valence-corrected chi connectivity index (χ3v) is 6.92. The molecule has 1 aliphatic heterocycles. The number of fused-ring (bicyclic) bond motifs is 1. The molecule has 164 valence electrons. The second-order valence-electron chi connectivity index (χ2n) is 8.97. The van der Waals surface area contributed by atoms with E-state index in [1.807, 2.05) is 36.9 Å². The van der Waals surface area contributed by atoms with Crippen LogP contribution in [0.4, 0.5) is 0 Å². The Hall–Kier alpha value is -2.59. The van der Waals surface area contributed by atoms with E-state index < -0.39 is 0 Å². The van der Waals surface area contributed by atoms with Crippen molar-refractivity contribution >= 4 is 11.5 Å². The van der Waals surface area contributed by atoms with E-state index in [2.05, 4.69) is 55.4 Å².